The summed E-state index contributed by atoms with van der Waals surface area (Å²) < 4.78 is 6.05. The maximum Gasteiger partial charge on any atom is 0.303 e. The standard InChI is InChI=1S/C22H36O3/c1-16(2)18-12-11-17(22(6,7)15-21(3,4)5)14-19(18)25-13-9-8-10-20(23)24/h11-12,14,16H,8-10,13,15H2,1-7H3,(H,23,24). The fourth-order valence-electron chi connectivity index (χ4n) is 3.55. The van der Waals surface area contributed by atoms with Gasteiger partial charge in [0.25, 0.3) is 0 Å². The normalized spacial score (nSPS) is 12.5. The molecule has 0 aliphatic rings. The molecular formula is C22H36O3. The third kappa shape index (κ3) is 7.50. The van der Waals surface area contributed by atoms with Crippen molar-refractivity contribution in [2.45, 2.75) is 85.5 Å². The van der Waals surface area contributed by atoms with Crippen LogP contribution < -0.4 is 4.74 Å². The van der Waals surface area contributed by atoms with Gasteiger partial charge < -0.3 is 9.84 Å². The number of ether oxygens (including phenoxy) is 1. The van der Waals surface area contributed by atoms with Crippen LogP contribution in [0.4, 0.5) is 0 Å². The summed E-state index contributed by atoms with van der Waals surface area (Å²) in [5, 5.41) is 8.72. The lowest BCUT2D eigenvalue weighted by atomic mass is 9.72. The molecule has 0 bridgehead atoms. The Kier molecular flexibility index (Phi) is 7.52. The first-order chi connectivity index (χ1) is 11.4. The third-order valence-corrected chi connectivity index (χ3v) is 4.43. The predicted octanol–water partition coefficient (Wildman–Crippen LogP) is 6.16. The number of unbranched alkanes of at least 4 members (excludes halogenated alkanes) is 1. The van der Waals surface area contributed by atoms with E-state index in [4.69, 9.17) is 9.84 Å². The number of carboxylic acid groups (broad SMARTS) is 1. The van der Waals surface area contributed by atoms with E-state index in [-0.39, 0.29) is 17.3 Å². The van der Waals surface area contributed by atoms with Crippen LogP contribution in [0.1, 0.15) is 91.2 Å². The number of hydrogen-bond acceptors (Lipinski definition) is 2. The monoisotopic (exact) mass is 348 g/mol. The van der Waals surface area contributed by atoms with Gasteiger partial charge in [0.15, 0.2) is 0 Å². The van der Waals surface area contributed by atoms with Crippen molar-refractivity contribution < 1.29 is 14.6 Å². The van der Waals surface area contributed by atoms with Gasteiger partial charge in [0.1, 0.15) is 5.75 Å². The van der Waals surface area contributed by atoms with Gasteiger partial charge in [-0.25, -0.2) is 0 Å². The van der Waals surface area contributed by atoms with Crippen LogP contribution in [0.15, 0.2) is 18.2 Å². The van der Waals surface area contributed by atoms with E-state index in [1.165, 1.54) is 11.1 Å². The molecule has 0 amide bonds. The Labute approximate surface area is 153 Å². The summed E-state index contributed by atoms with van der Waals surface area (Å²) in [5.74, 6) is 0.604. The third-order valence-electron chi connectivity index (χ3n) is 4.43. The van der Waals surface area contributed by atoms with E-state index in [1.807, 2.05) is 0 Å². The van der Waals surface area contributed by atoms with Crippen molar-refractivity contribution in [2.24, 2.45) is 5.41 Å². The molecule has 0 spiro atoms. The highest BCUT2D eigenvalue weighted by Crippen LogP contribution is 2.39. The van der Waals surface area contributed by atoms with Gasteiger partial charge in [-0.05, 0) is 53.2 Å². The summed E-state index contributed by atoms with van der Waals surface area (Å²) >= 11 is 0. The van der Waals surface area contributed by atoms with Crippen molar-refractivity contribution in [3.63, 3.8) is 0 Å². The van der Waals surface area contributed by atoms with Crippen molar-refractivity contribution in [2.75, 3.05) is 6.61 Å². The molecule has 1 aromatic rings. The molecule has 0 atom stereocenters. The maximum absolute atomic E-state index is 10.6. The van der Waals surface area contributed by atoms with Crippen LogP contribution in [0.3, 0.4) is 0 Å². The van der Waals surface area contributed by atoms with E-state index >= 15 is 0 Å². The molecule has 3 heteroatoms. The molecule has 1 N–H and O–H groups in total. The Morgan fingerprint density at radius 1 is 1.12 bits per heavy atom. The summed E-state index contributed by atoms with van der Waals surface area (Å²) in [4.78, 5) is 10.6. The Hall–Kier alpha value is -1.51. The second-order valence-electron chi connectivity index (χ2n) is 9.23. The topological polar surface area (TPSA) is 46.5 Å². The fourth-order valence-corrected chi connectivity index (χ4v) is 3.55. The second kappa shape index (κ2) is 8.73. The molecular weight excluding hydrogens is 312 g/mol. The number of aliphatic carboxylic acids is 1. The zero-order chi connectivity index (χ0) is 19.3. The molecule has 142 valence electrons. The SMILES string of the molecule is CC(C)c1ccc(C(C)(C)CC(C)(C)C)cc1OCCCCC(=O)O. The molecule has 0 fully saturated rings. The van der Waals surface area contributed by atoms with E-state index < -0.39 is 5.97 Å². The lowest BCUT2D eigenvalue weighted by Crippen LogP contribution is -2.25. The van der Waals surface area contributed by atoms with Crippen LogP contribution >= 0.6 is 0 Å². The van der Waals surface area contributed by atoms with Crippen molar-refractivity contribution in [3.8, 4) is 5.75 Å². The molecule has 0 heterocycles. The van der Waals surface area contributed by atoms with E-state index in [2.05, 4.69) is 66.7 Å². The number of hydrogen-bond donors (Lipinski definition) is 1. The van der Waals surface area contributed by atoms with E-state index in [0.29, 0.717) is 18.9 Å². The van der Waals surface area contributed by atoms with Crippen molar-refractivity contribution in [1.29, 1.82) is 0 Å². The molecule has 0 saturated carbocycles. The first-order valence-electron chi connectivity index (χ1n) is 9.41. The van der Waals surface area contributed by atoms with Gasteiger partial charge in [0.05, 0.1) is 6.61 Å². The lowest BCUT2D eigenvalue weighted by Gasteiger charge is -2.33. The minimum absolute atomic E-state index is 0.0785. The largest absolute Gasteiger partial charge is 0.493 e. The Bertz CT molecular complexity index is 565. The highest BCUT2D eigenvalue weighted by molar-refractivity contribution is 5.66. The number of rotatable bonds is 9. The molecule has 0 saturated heterocycles. The summed E-state index contributed by atoms with van der Waals surface area (Å²) in [5.41, 5.74) is 2.86. The van der Waals surface area contributed by atoms with Crippen LogP contribution in [0, 0.1) is 5.41 Å². The average molecular weight is 349 g/mol. The van der Waals surface area contributed by atoms with Gasteiger partial charge in [0.2, 0.25) is 0 Å². The highest BCUT2D eigenvalue weighted by Gasteiger charge is 2.28. The summed E-state index contributed by atoms with van der Waals surface area (Å²) in [7, 11) is 0. The highest BCUT2D eigenvalue weighted by atomic mass is 16.5. The second-order valence-corrected chi connectivity index (χ2v) is 9.23. The minimum atomic E-state index is -0.742. The van der Waals surface area contributed by atoms with Crippen LogP contribution in [0.5, 0.6) is 5.75 Å². The molecule has 1 aromatic carbocycles. The van der Waals surface area contributed by atoms with E-state index in [9.17, 15) is 4.79 Å². The van der Waals surface area contributed by atoms with Crippen LogP contribution in [0.25, 0.3) is 0 Å². The summed E-state index contributed by atoms with van der Waals surface area (Å²) in [6, 6.07) is 6.62. The van der Waals surface area contributed by atoms with E-state index in [1.54, 1.807) is 0 Å². The Balaban J connectivity index is 2.91. The zero-order valence-electron chi connectivity index (χ0n) is 17.1. The van der Waals surface area contributed by atoms with Crippen LogP contribution in [-0.2, 0) is 10.2 Å². The van der Waals surface area contributed by atoms with Crippen molar-refractivity contribution in [1.82, 2.24) is 0 Å². The predicted molar refractivity (Wildman–Crippen MR) is 105 cm³/mol. The first kappa shape index (κ1) is 21.5. The summed E-state index contributed by atoms with van der Waals surface area (Å²) in [6.45, 7) is 16.3. The Morgan fingerprint density at radius 3 is 2.28 bits per heavy atom. The number of carbonyl (C=O) groups is 1. The number of benzene rings is 1. The van der Waals surface area contributed by atoms with Gasteiger partial charge in [-0.3, -0.25) is 4.79 Å². The van der Waals surface area contributed by atoms with Crippen molar-refractivity contribution in [3.05, 3.63) is 29.3 Å². The number of carboxylic acids is 1. The van der Waals surface area contributed by atoms with Crippen molar-refractivity contribution >= 4 is 5.97 Å². The molecule has 3 nitrogen and oxygen atoms in total. The van der Waals surface area contributed by atoms with Gasteiger partial charge in [0, 0.05) is 6.42 Å². The van der Waals surface area contributed by atoms with Crippen LogP contribution in [-0.4, -0.2) is 17.7 Å². The minimum Gasteiger partial charge on any atom is -0.493 e. The maximum atomic E-state index is 10.6. The quantitative estimate of drug-likeness (QED) is 0.544. The molecule has 0 aliphatic heterocycles. The van der Waals surface area contributed by atoms with Crippen LogP contribution in [0.2, 0.25) is 0 Å². The molecule has 0 aliphatic carbocycles. The van der Waals surface area contributed by atoms with E-state index in [0.717, 1.165) is 18.6 Å². The molecule has 0 unspecified atom stereocenters. The molecule has 25 heavy (non-hydrogen) atoms. The van der Waals surface area contributed by atoms with Gasteiger partial charge in [-0.1, -0.05) is 60.6 Å². The zero-order valence-corrected chi connectivity index (χ0v) is 17.1. The molecule has 0 aromatic heterocycles. The Morgan fingerprint density at radius 2 is 1.76 bits per heavy atom. The lowest BCUT2D eigenvalue weighted by molar-refractivity contribution is -0.137. The van der Waals surface area contributed by atoms with Gasteiger partial charge in [-0.2, -0.15) is 0 Å². The fraction of sp³-hybridized carbons (Fsp3) is 0.682. The molecule has 1 rings (SSSR count). The first-order valence-corrected chi connectivity index (χ1v) is 9.41. The van der Waals surface area contributed by atoms with Gasteiger partial charge >= 0.3 is 5.97 Å². The smallest absolute Gasteiger partial charge is 0.303 e. The van der Waals surface area contributed by atoms with Gasteiger partial charge in [-0.15, -0.1) is 0 Å². The summed E-state index contributed by atoms with van der Waals surface area (Å²) in [6.07, 6.45) is 2.72. The average Bonchev–Trinajstić information content (AvgIpc) is 2.43. The molecule has 0 radical (unpaired) electrons.